The van der Waals surface area contributed by atoms with Gasteiger partial charge in [-0.25, -0.2) is 9.59 Å². The predicted octanol–water partition coefficient (Wildman–Crippen LogP) is 0.300. The van der Waals surface area contributed by atoms with E-state index in [0.29, 0.717) is 24.2 Å². The number of hydrogen-bond donors (Lipinski definition) is 10. The molecule has 2 aromatic carbocycles. The number of aromatic hydroxyl groups is 1. The van der Waals surface area contributed by atoms with Crippen molar-refractivity contribution in [3.05, 3.63) is 65.2 Å². The number of carboxylic acids is 4. The molecule has 0 saturated carbocycles. The van der Waals surface area contributed by atoms with E-state index in [1.54, 1.807) is 19.1 Å². The zero-order valence-electron chi connectivity index (χ0n) is 36.8. The van der Waals surface area contributed by atoms with Crippen LogP contribution >= 0.6 is 0 Å². The number of benzene rings is 2. The number of nitrogens with zero attached hydrogens (tertiary/aromatic N) is 1. The summed E-state index contributed by atoms with van der Waals surface area (Å²) in [5, 5.41) is 57.6. The van der Waals surface area contributed by atoms with Crippen LogP contribution in [0.4, 0.5) is 0 Å². The minimum Gasteiger partial charge on any atom is -0.508 e. The molecule has 0 saturated heterocycles. The van der Waals surface area contributed by atoms with Crippen LogP contribution in [0.2, 0.25) is 0 Å². The normalized spacial score (nSPS) is 11.6. The van der Waals surface area contributed by atoms with Gasteiger partial charge in [-0.2, -0.15) is 5.06 Å². The molecule has 0 heterocycles. The van der Waals surface area contributed by atoms with Gasteiger partial charge in [-0.15, -0.1) is 0 Å². The van der Waals surface area contributed by atoms with Gasteiger partial charge in [0, 0.05) is 57.7 Å². The molecule has 67 heavy (non-hydrogen) atoms. The van der Waals surface area contributed by atoms with Gasteiger partial charge in [-0.3, -0.25) is 43.2 Å². The van der Waals surface area contributed by atoms with Crippen molar-refractivity contribution < 1.29 is 87.9 Å². The largest absolute Gasteiger partial charge is 0.508 e. The number of aliphatic carboxylic acids is 4. The van der Waals surface area contributed by atoms with Gasteiger partial charge >= 0.3 is 29.8 Å². The van der Waals surface area contributed by atoms with Crippen molar-refractivity contribution in [3.8, 4) is 5.75 Å². The molecular weight excluding hydrogens is 888 g/mol. The Bertz CT molecular complexity index is 2060. The molecule has 0 aliphatic carbocycles. The Morgan fingerprint density at radius 2 is 1.27 bits per heavy atom. The number of nitrogens with one attached hydrogen (secondary N) is 5. The molecule has 2 rings (SSSR count). The summed E-state index contributed by atoms with van der Waals surface area (Å²) in [5.74, 6) is -10.8. The van der Waals surface area contributed by atoms with Gasteiger partial charge in [0.05, 0.1) is 12.1 Å². The molecule has 0 radical (unpaired) electrons. The molecule has 2 aromatic rings. The molecule has 366 valence electrons. The molecule has 0 fully saturated rings. The Kier molecular flexibility index (Phi) is 26.5. The summed E-state index contributed by atoms with van der Waals surface area (Å²) < 4.78 is 0. The Morgan fingerprint density at radius 3 is 1.84 bits per heavy atom. The van der Waals surface area contributed by atoms with Crippen molar-refractivity contribution in [3.63, 3.8) is 0 Å². The molecule has 6 amide bonds. The van der Waals surface area contributed by atoms with Gasteiger partial charge in [0.2, 0.25) is 23.6 Å². The van der Waals surface area contributed by atoms with Crippen LogP contribution in [0.1, 0.15) is 104 Å². The number of carbonyl (C=O) groups is 12. The van der Waals surface area contributed by atoms with E-state index in [4.69, 9.17) is 9.94 Å². The minimum absolute atomic E-state index is 0.0324. The monoisotopic (exact) mass is 944 g/mol. The Labute approximate surface area is 383 Å². The van der Waals surface area contributed by atoms with Crippen molar-refractivity contribution >= 4 is 71.6 Å². The van der Waals surface area contributed by atoms with Crippen LogP contribution < -0.4 is 26.6 Å². The van der Waals surface area contributed by atoms with E-state index < -0.39 is 110 Å². The maximum atomic E-state index is 13.4. The molecule has 0 bridgehead atoms. The van der Waals surface area contributed by atoms with Crippen molar-refractivity contribution in [2.45, 2.75) is 102 Å². The number of hydroxylamine groups is 2. The summed E-state index contributed by atoms with van der Waals surface area (Å²) in [4.78, 5) is 149. The summed E-state index contributed by atoms with van der Waals surface area (Å²) in [6.07, 6.45) is -0.664. The fraction of sp³-hybridized carbons (Fsp3) is 0.442. The number of amides is 6. The highest BCUT2D eigenvalue weighted by atomic mass is 16.7. The maximum absolute atomic E-state index is 13.4. The van der Waals surface area contributed by atoms with Crippen LogP contribution in [0.25, 0.3) is 0 Å². The van der Waals surface area contributed by atoms with Gasteiger partial charge in [0.1, 0.15) is 30.2 Å². The lowest BCUT2D eigenvalue weighted by Gasteiger charge is -2.23. The highest BCUT2D eigenvalue weighted by molar-refractivity contribution is 6.01. The lowest BCUT2D eigenvalue weighted by atomic mass is 10.1. The molecule has 24 nitrogen and oxygen atoms in total. The van der Waals surface area contributed by atoms with E-state index >= 15 is 0 Å². The van der Waals surface area contributed by atoms with E-state index in [9.17, 15) is 78.0 Å². The molecule has 24 heteroatoms. The summed E-state index contributed by atoms with van der Waals surface area (Å²) in [6.45, 7) is 1.05. The SMILES string of the molecule is CCC(=O)O.CN(OC(=O)c1cccc(C(=O)NC(CCC(=O)O)C(=O)NC(CCC(=O)O)C(=O)NCC(=O)NC(CCCCNC(=O)CCc2ccc(O)cc2)C(=O)O)c1)C(=O)CCC=O. The highest BCUT2D eigenvalue weighted by Crippen LogP contribution is 2.13. The first-order valence-electron chi connectivity index (χ1n) is 20.8. The Hall–Kier alpha value is -7.92. The van der Waals surface area contributed by atoms with Gasteiger partial charge in [0.15, 0.2) is 0 Å². The number of phenols is 1. The number of carbonyl (C=O) groups excluding carboxylic acids is 8. The van der Waals surface area contributed by atoms with Crippen LogP contribution in [0.5, 0.6) is 5.75 Å². The molecule has 0 aliphatic rings. The quantitative estimate of drug-likeness (QED) is 0.0311. The first-order valence-corrected chi connectivity index (χ1v) is 20.8. The Morgan fingerprint density at radius 1 is 0.672 bits per heavy atom. The summed E-state index contributed by atoms with van der Waals surface area (Å²) >= 11 is 0. The standard InChI is InChI=1S/C40H50N6O16.C3H6O2/c1-46(33(51)9-5-21-47)62-40(61)26-7-4-6-25(22-26)36(56)44-29(16-19-35(54)55)38(58)45-28(15-18-34(52)53)37(57)42-23-32(50)43-30(39(59)60)8-2-3-20-41-31(49)17-12-24-10-13-27(48)14-11-24;1-2-3(4)5/h4,6-7,10-11,13-14,21-22,28-30,48H,2-3,5,8-9,12,15-20,23H2,1H3,(H,41,49)(H,42,57)(H,43,50)(H,44,56)(H,45,58)(H,52,53)(H,54,55)(H,59,60);2H2,1H3,(H,4,5). The summed E-state index contributed by atoms with van der Waals surface area (Å²) in [5.41, 5.74) is 0.443. The lowest BCUT2D eigenvalue weighted by Crippen LogP contribution is -2.55. The molecule has 3 atom stereocenters. The number of aryl methyl sites for hydroxylation is 1. The first kappa shape index (κ1) is 57.1. The highest BCUT2D eigenvalue weighted by Gasteiger charge is 2.29. The fourth-order valence-electron chi connectivity index (χ4n) is 5.45. The predicted molar refractivity (Wildman–Crippen MR) is 231 cm³/mol. The first-order chi connectivity index (χ1) is 31.7. The van der Waals surface area contributed by atoms with Crippen molar-refractivity contribution in [1.82, 2.24) is 31.6 Å². The summed E-state index contributed by atoms with van der Waals surface area (Å²) in [7, 11) is 1.14. The van der Waals surface area contributed by atoms with Crippen LogP contribution in [-0.4, -0.2) is 140 Å². The van der Waals surface area contributed by atoms with Gasteiger partial charge in [0.25, 0.3) is 11.8 Å². The van der Waals surface area contributed by atoms with Crippen LogP contribution in [0.3, 0.4) is 0 Å². The average Bonchev–Trinajstić information content (AvgIpc) is 3.29. The van der Waals surface area contributed by atoms with Crippen LogP contribution in [0.15, 0.2) is 48.5 Å². The average molecular weight is 945 g/mol. The van der Waals surface area contributed by atoms with E-state index in [1.807, 2.05) is 0 Å². The molecule has 0 aliphatic heterocycles. The topological polar surface area (TPSA) is 379 Å². The van der Waals surface area contributed by atoms with Gasteiger partial charge in [-0.05, 0) is 74.4 Å². The fourth-order valence-corrected chi connectivity index (χ4v) is 5.45. The minimum atomic E-state index is -1.63. The second kappa shape index (κ2) is 31.0. The zero-order valence-corrected chi connectivity index (χ0v) is 36.8. The van der Waals surface area contributed by atoms with Crippen molar-refractivity contribution in [2.75, 3.05) is 20.1 Å². The second-order valence-electron chi connectivity index (χ2n) is 14.4. The van der Waals surface area contributed by atoms with Gasteiger partial charge in [-0.1, -0.05) is 25.1 Å². The van der Waals surface area contributed by atoms with E-state index in [1.165, 1.54) is 30.3 Å². The number of rotatable bonds is 28. The molecule has 10 N–H and O–H groups in total. The van der Waals surface area contributed by atoms with Crippen LogP contribution in [0, 0.1) is 0 Å². The second-order valence-corrected chi connectivity index (χ2v) is 14.4. The number of hydrogen-bond acceptors (Lipinski definition) is 14. The summed E-state index contributed by atoms with van der Waals surface area (Å²) in [6, 6.07) is 6.60. The Balaban J connectivity index is 0.00000424. The zero-order chi connectivity index (χ0) is 50.5. The number of aldehydes is 1. The molecule has 0 spiro atoms. The van der Waals surface area contributed by atoms with Crippen molar-refractivity contribution in [2.24, 2.45) is 0 Å². The van der Waals surface area contributed by atoms with Crippen molar-refractivity contribution in [1.29, 1.82) is 0 Å². The van der Waals surface area contributed by atoms with Gasteiger partial charge < -0.3 is 61.7 Å². The number of carboxylic acid groups (broad SMARTS) is 4. The van der Waals surface area contributed by atoms with E-state index in [2.05, 4.69) is 26.6 Å². The molecule has 0 aromatic heterocycles. The lowest BCUT2D eigenvalue weighted by molar-refractivity contribution is -0.161. The number of phenolic OH excluding ortho intramolecular Hbond substituents is 1. The van der Waals surface area contributed by atoms with E-state index in [-0.39, 0.29) is 67.9 Å². The smallest absolute Gasteiger partial charge is 0.363 e. The maximum Gasteiger partial charge on any atom is 0.363 e. The van der Waals surface area contributed by atoms with Crippen LogP contribution in [-0.2, 0) is 59.2 Å². The van der Waals surface area contributed by atoms with E-state index in [0.717, 1.165) is 18.7 Å². The number of unbranched alkanes of at least 4 members (excludes halogenated alkanes) is 1. The molecule has 3 unspecified atom stereocenters. The molecular formula is C43H56N6O18. The third-order valence-electron chi connectivity index (χ3n) is 9.13. The third-order valence-corrected chi connectivity index (χ3v) is 9.13. The third kappa shape index (κ3) is 24.7.